The summed E-state index contributed by atoms with van der Waals surface area (Å²) in [4.78, 5) is 24.9. The summed E-state index contributed by atoms with van der Waals surface area (Å²) in [5.41, 5.74) is 0. The first kappa shape index (κ1) is 24.6. The van der Waals surface area contributed by atoms with Gasteiger partial charge < -0.3 is 0 Å². The monoisotopic (exact) mass is 360 g/mol. The van der Waals surface area contributed by atoms with Gasteiger partial charge in [0, 0.05) is 33.7 Å². The lowest BCUT2D eigenvalue weighted by molar-refractivity contribution is -0.122. The third-order valence-corrected chi connectivity index (χ3v) is 3.27. The number of Topliss-reactive ketones (excluding diaryl/α,β-unsaturated/α-hetero) is 1. The molecular formula is C16H32N4O3S. The first-order valence-corrected chi connectivity index (χ1v) is 9.91. The van der Waals surface area contributed by atoms with Gasteiger partial charge in [0.05, 0.1) is 0 Å². The van der Waals surface area contributed by atoms with Crippen molar-refractivity contribution in [1.29, 1.82) is 0 Å². The molecule has 1 rings (SSSR count). The number of nitrogens with one attached hydrogen (secondary N) is 2. The summed E-state index contributed by atoms with van der Waals surface area (Å²) in [7, 11) is -2.37. The van der Waals surface area contributed by atoms with E-state index in [-0.39, 0.29) is 23.5 Å². The first-order valence-electron chi connectivity index (χ1n) is 7.77. The lowest BCUT2D eigenvalue weighted by Crippen LogP contribution is -2.32. The molecule has 1 heterocycles. The van der Waals surface area contributed by atoms with Gasteiger partial charge in [0.2, 0.25) is 5.91 Å². The van der Waals surface area contributed by atoms with Crippen molar-refractivity contribution in [2.45, 2.75) is 54.4 Å². The summed E-state index contributed by atoms with van der Waals surface area (Å²) in [6.07, 6.45) is 2.92. The minimum atomic E-state index is -2.37. The molecular weight excluding hydrogens is 328 g/mol. The SMILES string of the molecule is C=S(C)(=O)NC(=O)C(C)C.CC(=O)C(C)C.CC(C)c1ncn[nH]1. The Kier molecular flexibility index (Phi) is 12.0. The van der Waals surface area contributed by atoms with E-state index in [0.717, 1.165) is 5.82 Å². The van der Waals surface area contributed by atoms with Crippen LogP contribution in [0.3, 0.4) is 0 Å². The zero-order chi connectivity index (χ0) is 19.5. The molecule has 7 nitrogen and oxygen atoms in total. The fourth-order valence-corrected chi connectivity index (χ4v) is 1.49. The Morgan fingerprint density at radius 2 is 1.62 bits per heavy atom. The van der Waals surface area contributed by atoms with Crippen molar-refractivity contribution in [2.24, 2.45) is 11.8 Å². The molecule has 0 radical (unpaired) electrons. The van der Waals surface area contributed by atoms with Gasteiger partial charge in [-0.05, 0) is 12.8 Å². The Hall–Kier alpha value is -1.70. The van der Waals surface area contributed by atoms with Gasteiger partial charge in [0.25, 0.3) is 0 Å². The van der Waals surface area contributed by atoms with Crippen LogP contribution in [0.2, 0.25) is 0 Å². The molecule has 2 N–H and O–H groups in total. The van der Waals surface area contributed by atoms with E-state index in [0.29, 0.717) is 5.92 Å². The fourth-order valence-electron chi connectivity index (χ4n) is 0.824. The van der Waals surface area contributed by atoms with Crippen LogP contribution in [0.25, 0.3) is 0 Å². The van der Waals surface area contributed by atoms with Crippen LogP contribution in [0, 0.1) is 11.8 Å². The molecule has 0 bridgehead atoms. The first-order chi connectivity index (χ1) is 10.8. The minimum absolute atomic E-state index is 0.137. The van der Waals surface area contributed by atoms with Crippen molar-refractivity contribution < 1.29 is 13.8 Å². The van der Waals surface area contributed by atoms with Gasteiger partial charge >= 0.3 is 0 Å². The maximum Gasteiger partial charge on any atom is 0.233 e. The van der Waals surface area contributed by atoms with E-state index in [1.165, 1.54) is 12.6 Å². The third kappa shape index (κ3) is 15.2. The van der Waals surface area contributed by atoms with Crippen molar-refractivity contribution in [3.05, 3.63) is 12.2 Å². The normalized spacial score (nSPS) is 12.6. The van der Waals surface area contributed by atoms with Crippen LogP contribution in [0.15, 0.2) is 6.33 Å². The molecule has 1 atom stereocenters. The number of rotatable bonds is 4. The van der Waals surface area contributed by atoms with E-state index in [9.17, 15) is 13.8 Å². The maximum absolute atomic E-state index is 10.9. The van der Waals surface area contributed by atoms with Crippen LogP contribution in [-0.4, -0.2) is 43.2 Å². The van der Waals surface area contributed by atoms with E-state index >= 15 is 0 Å². The second-order valence-electron chi connectivity index (χ2n) is 6.42. The smallest absolute Gasteiger partial charge is 0.233 e. The molecule has 1 aromatic heterocycles. The molecule has 0 aliphatic carbocycles. The average Bonchev–Trinajstić information content (AvgIpc) is 2.91. The van der Waals surface area contributed by atoms with Gasteiger partial charge in [-0.2, -0.15) is 5.10 Å². The highest BCUT2D eigenvalue weighted by molar-refractivity contribution is 7.98. The summed E-state index contributed by atoms with van der Waals surface area (Å²) >= 11 is 0. The Morgan fingerprint density at radius 3 is 1.75 bits per heavy atom. The van der Waals surface area contributed by atoms with Crippen molar-refractivity contribution >= 4 is 27.3 Å². The summed E-state index contributed by atoms with van der Waals surface area (Å²) < 4.78 is 13.2. The van der Waals surface area contributed by atoms with Gasteiger partial charge in [0.1, 0.15) is 17.9 Å². The number of aromatic nitrogens is 3. The van der Waals surface area contributed by atoms with E-state index in [4.69, 9.17) is 0 Å². The summed E-state index contributed by atoms with van der Waals surface area (Å²) in [5.74, 6) is 4.81. The second kappa shape index (κ2) is 11.8. The van der Waals surface area contributed by atoms with Crippen LogP contribution >= 0.6 is 0 Å². The van der Waals surface area contributed by atoms with Crippen LogP contribution in [0.5, 0.6) is 0 Å². The predicted octanol–water partition coefficient (Wildman–Crippen LogP) is 2.18. The lowest BCUT2D eigenvalue weighted by Gasteiger charge is -2.07. The van der Waals surface area contributed by atoms with Crippen molar-refractivity contribution in [1.82, 2.24) is 19.9 Å². The maximum atomic E-state index is 10.9. The van der Waals surface area contributed by atoms with E-state index in [2.05, 4.69) is 39.6 Å². The number of amides is 1. The standard InChI is InChI=1S/C6H13NO2S.C5H9N3.C5H10O/c1-5(2)6(8)7-10(3,4)9;1-4(2)5-6-3-7-8-5;1-4(2)5(3)6/h5H,3H2,1-2,4H3,(H,7,8,9);3-4H,1-2H3,(H,6,7,8);4H,1-3H3. The summed E-state index contributed by atoms with van der Waals surface area (Å²) in [5, 5.41) is 6.48. The van der Waals surface area contributed by atoms with Gasteiger partial charge in [0.15, 0.2) is 0 Å². The number of ketones is 1. The van der Waals surface area contributed by atoms with E-state index in [1.54, 1.807) is 20.8 Å². The Balaban J connectivity index is 0. The zero-order valence-electron chi connectivity index (χ0n) is 16.0. The van der Waals surface area contributed by atoms with E-state index < -0.39 is 9.71 Å². The number of nitrogens with zero attached hydrogens (tertiary/aromatic N) is 2. The van der Waals surface area contributed by atoms with Gasteiger partial charge in [-0.15, -0.1) is 0 Å². The third-order valence-electron chi connectivity index (χ3n) is 2.63. The molecule has 0 fully saturated rings. The van der Waals surface area contributed by atoms with Gasteiger partial charge in [-0.25, -0.2) is 9.19 Å². The van der Waals surface area contributed by atoms with Gasteiger partial charge in [-0.3, -0.25) is 19.4 Å². The highest BCUT2D eigenvalue weighted by Gasteiger charge is 2.07. The molecule has 0 spiro atoms. The molecule has 0 saturated carbocycles. The van der Waals surface area contributed by atoms with Crippen molar-refractivity contribution in [3.63, 3.8) is 0 Å². The Morgan fingerprint density at radius 1 is 1.17 bits per heavy atom. The molecule has 0 aromatic carbocycles. The number of aromatic amines is 1. The number of hydrogen-bond acceptors (Lipinski definition) is 5. The van der Waals surface area contributed by atoms with E-state index in [1.807, 2.05) is 13.8 Å². The van der Waals surface area contributed by atoms with Crippen LogP contribution in [-0.2, 0) is 19.3 Å². The molecule has 24 heavy (non-hydrogen) atoms. The molecule has 8 heteroatoms. The number of hydrogen-bond donors (Lipinski definition) is 2. The molecule has 1 unspecified atom stereocenters. The summed E-state index contributed by atoms with van der Waals surface area (Å²) in [6, 6.07) is 0. The topological polar surface area (TPSA) is 105 Å². The fraction of sp³-hybridized carbons (Fsp3) is 0.688. The van der Waals surface area contributed by atoms with Crippen molar-refractivity contribution in [3.8, 4) is 0 Å². The van der Waals surface area contributed by atoms with Crippen LogP contribution in [0.4, 0.5) is 0 Å². The average molecular weight is 361 g/mol. The Labute approximate surface area is 146 Å². The zero-order valence-corrected chi connectivity index (χ0v) is 16.9. The lowest BCUT2D eigenvalue weighted by atomic mass is 10.1. The molecule has 1 amide bonds. The largest absolute Gasteiger partial charge is 0.300 e. The molecule has 0 aliphatic rings. The minimum Gasteiger partial charge on any atom is -0.300 e. The van der Waals surface area contributed by atoms with Crippen LogP contribution in [0.1, 0.15) is 60.2 Å². The second-order valence-corrected chi connectivity index (χ2v) is 8.63. The highest BCUT2D eigenvalue weighted by atomic mass is 32.2. The molecule has 0 saturated heterocycles. The number of carbonyl (C=O) groups is 2. The molecule has 140 valence electrons. The molecule has 0 aliphatic heterocycles. The van der Waals surface area contributed by atoms with Crippen molar-refractivity contribution in [2.75, 3.05) is 6.26 Å². The molecule has 1 aromatic rings. The highest BCUT2D eigenvalue weighted by Crippen LogP contribution is 2.04. The number of H-pyrrole nitrogens is 1. The number of carbonyl (C=O) groups excluding carboxylic acids is 2. The Bertz CT molecular complexity index is 576. The quantitative estimate of drug-likeness (QED) is 0.801. The van der Waals surface area contributed by atoms with Gasteiger partial charge in [-0.1, -0.05) is 41.5 Å². The predicted molar refractivity (Wildman–Crippen MR) is 100 cm³/mol. The van der Waals surface area contributed by atoms with Crippen LogP contribution < -0.4 is 4.72 Å². The summed E-state index contributed by atoms with van der Waals surface area (Å²) in [6.45, 7) is 13.0.